The lowest BCUT2D eigenvalue weighted by Gasteiger charge is -2.16. The molecule has 0 spiro atoms. The highest BCUT2D eigenvalue weighted by atomic mass is 79.9. The van der Waals surface area contributed by atoms with E-state index in [1.54, 1.807) is 25.3 Å². The molecule has 0 saturated carbocycles. The summed E-state index contributed by atoms with van der Waals surface area (Å²) in [5, 5.41) is 16.0. The highest BCUT2D eigenvalue weighted by molar-refractivity contribution is 9.11. The number of ether oxygens (including phenoxy) is 1. The number of carbonyl (C=O) groups excluding carboxylic acids is 1. The van der Waals surface area contributed by atoms with Crippen molar-refractivity contribution in [2.24, 2.45) is 0 Å². The van der Waals surface area contributed by atoms with Gasteiger partial charge in [0.15, 0.2) is 5.50 Å². The number of methoxy groups -OCH3 is 1. The molecule has 1 heterocycles. The molecule has 1 aliphatic heterocycles. The van der Waals surface area contributed by atoms with Crippen molar-refractivity contribution in [2.45, 2.75) is 12.4 Å². The third-order valence-electron chi connectivity index (χ3n) is 3.71. The lowest BCUT2D eigenvalue weighted by atomic mass is 10.2. The summed E-state index contributed by atoms with van der Waals surface area (Å²) in [4.78, 5) is 12.9. The van der Waals surface area contributed by atoms with Crippen molar-refractivity contribution in [3.05, 3.63) is 55.3 Å². The van der Waals surface area contributed by atoms with Crippen LogP contribution < -0.4 is 15.4 Å². The fraction of sp³-hybridized carbons (Fsp3) is 0.167. The van der Waals surface area contributed by atoms with Gasteiger partial charge in [-0.15, -0.1) is 0 Å². The summed E-state index contributed by atoms with van der Waals surface area (Å²) in [5.74, 6) is 0.690. The van der Waals surface area contributed by atoms with Crippen LogP contribution in [-0.4, -0.2) is 23.6 Å². The third kappa shape index (κ3) is 4.19. The fourth-order valence-electron chi connectivity index (χ4n) is 2.46. The summed E-state index contributed by atoms with van der Waals surface area (Å²) in [6.07, 6.45) is 1.78. The average molecular weight is 500 g/mol. The summed E-state index contributed by atoms with van der Waals surface area (Å²) < 4.78 is 6.48. The Morgan fingerprint density at radius 2 is 1.96 bits per heavy atom. The van der Waals surface area contributed by atoms with Crippen LogP contribution in [0.4, 0.5) is 5.69 Å². The molecule has 2 aromatic carbocycles. The highest BCUT2D eigenvalue weighted by Gasteiger charge is 2.28. The predicted molar refractivity (Wildman–Crippen MR) is 112 cm³/mol. The van der Waals surface area contributed by atoms with Gasteiger partial charge in [-0.2, -0.15) is 0 Å². The summed E-state index contributed by atoms with van der Waals surface area (Å²) >= 11 is 7.98. The Bertz CT molecular complexity index is 879. The van der Waals surface area contributed by atoms with Gasteiger partial charge in [0, 0.05) is 0 Å². The first-order chi connectivity index (χ1) is 12.4. The number of amides is 1. The van der Waals surface area contributed by atoms with Crippen LogP contribution in [0.2, 0.25) is 0 Å². The van der Waals surface area contributed by atoms with E-state index < -0.39 is 0 Å². The van der Waals surface area contributed by atoms with E-state index in [0.29, 0.717) is 19.6 Å². The van der Waals surface area contributed by atoms with Crippen LogP contribution in [0, 0.1) is 6.92 Å². The quantitative estimate of drug-likeness (QED) is 0.525. The molecule has 136 valence electrons. The molecule has 1 unspecified atom stereocenters. The van der Waals surface area contributed by atoms with Gasteiger partial charge >= 0.3 is 0 Å². The maximum Gasteiger partial charge on any atom is 0.260 e. The number of nitrogens with one attached hydrogen (secondary N) is 2. The first kappa shape index (κ1) is 19.1. The van der Waals surface area contributed by atoms with Crippen LogP contribution in [0.3, 0.4) is 0 Å². The van der Waals surface area contributed by atoms with E-state index in [-0.39, 0.29) is 17.2 Å². The van der Waals surface area contributed by atoms with Gasteiger partial charge in [-0.3, -0.25) is 4.79 Å². The molecule has 26 heavy (non-hydrogen) atoms. The normalized spacial score (nSPS) is 18.1. The Balaban J connectivity index is 1.80. The van der Waals surface area contributed by atoms with Crippen molar-refractivity contribution in [3.8, 4) is 11.5 Å². The Morgan fingerprint density at radius 1 is 1.27 bits per heavy atom. The minimum atomic E-state index is -0.298. The maximum atomic E-state index is 12.3. The predicted octanol–water partition coefficient (Wildman–Crippen LogP) is 4.83. The van der Waals surface area contributed by atoms with E-state index in [9.17, 15) is 9.90 Å². The molecule has 0 bridgehead atoms. The van der Waals surface area contributed by atoms with Gasteiger partial charge in [-0.25, -0.2) is 0 Å². The number of phenols is 1. The second-order valence-corrected chi connectivity index (χ2v) is 8.52. The van der Waals surface area contributed by atoms with E-state index in [0.717, 1.165) is 16.8 Å². The van der Waals surface area contributed by atoms with Crippen molar-refractivity contribution in [2.75, 3.05) is 12.4 Å². The Kier molecular flexibility index (Phi) is 5.84. The number of halogens is 2. The number of hydrogen-bond donors (Lipinski definition) is 3. The second kappa shape index (κ2) is 7.94. The summed E-state index contributed by atoms with van der Waals surface area (Å²) in [6.45, 7) is 2.00. The second-order valence-electron chi connectivity index (χ2n) is 5.66. The smallest absolute Gasteiger partial charge is 0.260 e. The number of carbonyl (C=O) groups is 1. The number of anilines is 1. The van der Waals surface area contributed by atoms with Gasteiger partial charge in [0.05, 0.1) is 26.6 Å². The van der Waals surface area contributed by atoms with Gasteiger partial charge in [-0.05, 0) is 80.3 Å². The van der Waals surface area contributed by atoms with Crippen molar-refractivity contribution in [3.63, 3.8) is 0 Å². The third-order valence-corrected chi connectivity index (χ3v) is 5.95. The first-order valence-corrected chi connectivity index (χ1v) is 10.1. The summed E-state index contributed by atoms with van der Waals surface area (Å²) in [5.41, 5.74) is 2.42. The van der Waals surface area contributed by atoms with Crippen molar-refractivity contribution in [1.29, 1.82) is 0 Å². The van der Waals surface area contributed by atoms with Crippen LogP contribution >= 0.6 is 43.6 Å². The standard InChI is InChI=1S/C18H16Br2N2O3S/c1-9-3-4-14(25-2)13(5-9)21-18-22-17(24)15(26-18)8-10-6-11(19)16(23)12(20)7-10/h3-8,18,21,23H,1-2H3,(H,22,24)/b15-8-. The number of aryl methyl sites for hydroxylation is 1. The van der Waals surface area contributed by atoms with E-state index in [2.05, 4.69) is 42.5 Å². The minimum Gasteiger partial charge on any atom is -0.506 e. The SMILES string of the molecule is COc1ccc(C)cc1NC1NC(=O)/C(=C/c2cc(Br)c(O)c(Br)c2)S1. The molecule has 2 aromatic rings. The van der Waals surface area contributed by atoms with Crippen LogP contribution in [0.15, 0.2) is 44.2 Å². The van der Waals surface area contributed by atoms with Crippen LogP contribution in [0.1, 0.15) is 11.1 Å². The number of phenolic OH excluding ortho intramolecular Hbond substituents is 1. The molecule has 1 amide bonds. The lowest BCUT2D eigenvalue weighted by molar-refractivity contribution is -0.116. The minimum absolute atomic E-state index is 0.127. The molecular weight excluding hydrogens is 484 g/mol. The summed E-state index contributed by atoms with van der Waals surface area (Å²) in [6, 6.07) is 9.34. The number of aromatic hydroxyl groups is 1. The van der Waals surface area contributed by atoms with Gasteiger partial charge in [0.2, 0.25) is 0 Å². The zero-order chi connectivity index (χ0) is 18.8. The van der Waals surface area contributed by atoms with E-state index in [4.69, 9.17) is 4.74 Å². The molecule has 1 saturated heterocycles. The molecule has 1 atom stereocenters. The van der Waals surface area contributed by atoms with Gasteiger partial charge < -0.3 is 20.5 Å². The lowest BCUT2D eigenvalue weighted by Crippen LogP contribution is -2.31. The number of thioether (sulfide) groups is 1. The molecular formula is C18H16Br2N2O3S. The van der Waals surface area contributed by atoms with Crippen molar-refractivity contribution in [1.82, 2.24) is 5.32 Å². The number of rotatable bonds is 4. The van der Waals surface area contributed by atoms with Crippen LogP contribution in [-0.2, 0) is 4.79 Å². The average Bonchev–Trinajstić information content (AvgIpc) is 2.92. The highest BCUT2D eigenvalue weighted by Crippen LogP contribution is 2.37. The molecule has 5 nitrogen and oxygen atoms in total. The monoisotopic (exact) mass is 498 g/mol. The molecule has 3 rings (SSSR count). The van der Waals surface area contributed by atoms with Crippen LogP contribution in [0.5, 0.6) is 11.5 Å². The molecule has 3 N–H and O–H groups in total. The molecule has 0 radical (unpaired) electrons. The van der Waals surface area contributed by atoms with Gasteiger partial charge in [0.25, 0.3) is 5.91 Å². The zero-order valence-corrected chi connectivity index (χ0v) is 18.0. The van der Waals surface area contributed by atoms with E-state index >= 15 is 0 Å². The van der Waals surface area contributed by atoms with Gasteiger partial charge in [-0.1, -0.05) is 17.8 Å². The first-order valence-electron chi connectivity index (χ1n) is 7.66. The Labute approximate surface area is 172 Å². The van der Waals surface area contributed by atoms with Gasteiger partial charge in [0.1, 0.15) is 11.5 Å². The van der Waals surface area contributed by atoms with Crippen molar-refractivity contribution >= 4 is 61.3 Å². The molecule has 8 heteroatoms. The number of benzene rings is 2. The fourth-order valence-corrected chi connectivity index (χ4v) is 4.66. The van der Waals surface area contributed by atoms with Crippen LogP contribution in [0.25, 0.3) is 6.08 Å². The maximum absolute atomic E-state index is 12.3. The summed E-state index contributed by atoms with van der Waals surface area (Å²) in [7, 11) is 1.61. The largest absolute Gasteiger partial charge is 0.506 e. The Hall–Kier alpha value is -1.64. The molecule has 1 fully saturated rings. The number of hydrogen-bond acceptors (Lipinski definition) is 5. The zero-order valence-electron chi connectivity index (χ0n) is 14.0. The molecule has 0 aliphatic carbocycles. The van der Waals surface area contributed by atoms with Crippen molar-refractivity contribution < 1.29 is 14.6 Å². The molecule has 0 aromatic heterocycles. The topological polar surface area (TPSA) is 70.6 Å². The van der Waals surface area contributed by atoms with E-state index in [1.165, 1.54) is 11.8 Å². The molecule has 1 aliphatic rings. The van der Waals surface area contributed by atoms with E-state index in [1.807, 2.05) is 25.1 Å². The Morgan fingerprint density at radius 3 is 2.62 bits per heavy atom.